The lowest BCUT2D eigenvalue weighted by atomic mass is 10.0. The zero-order valence-corrected chi connectivity index (χ0v) is 9.91. The summed E-state index contributed by atoms with van der Waals surface area (Å²) in [5, 5.41) is 8.49. The molecule has 0 aliphatic carbocycles. The lowest BCUT2D eigenvalue weighted by Crippen LogP contribution is -2.34. The smallest absolute Gasteiger partial charge is 0.151 e. The van der Waals surface area contributed by atoms with Crippen molar-refractivity contribution in [3.8, 4) is 0 Å². The van der Waals surface area contributed by atoms with E-state index in [1.807, 2.05) is 6.07 Å². The van der Waals surface area contributed by atoms with Gasteiger partial charge in [0.15, 0.2) is 11.0 Å². The SMILES string of the molecule is CC(C)C1CCCN1c1ccc(Cl)nn1. The molecule has 0 amide bonds. The van der Waals surface area contributed by atoms with Crippen LogP contribution in [0.1, 0.15) is 26.7 Å². The van der Waals surface area contributed by atoms with E-state index < -0.39 is 0 Å². The number of nitrogens with zero attached hydrogens (tertiary/aromatic N) is 3. The molecule has 1 aromatic rings. The maximum Gasteiger partial charge on any atom is 0.151 e. The highest BCUT2D eigenvalue weighted by molar-refractivity contribution is 6.29. The van der Waals surface area contributed by atoms with Gasteiger partial charge in [0.05, 0.1) is 0 Å². The number of aromatic nitrogens is 2. The minimum Gasteiger partial charge on any atom is -0.352 e. The Morgan fingerprint density at radius 2 is 2.20 bits per heavy atom. The van der Waals surface area contributed by atoms with Crippen molar-refractivity contribution < 1.29 is 0 Å². The Morgan fingerprint density at radius 1 is 1.40 bits per heavy atom. The van der Waals surface area contributed by atoms with E-state index in [9.17, 15) is 0 Å². The molecule has 0 N–H and O–H groups in total. The molecule has 0 spiro atoms. The first kappa shape index (κ1) is 10.7. The van der Waals surface area contributed by atoms with Crippen LogP contribution >= 0.6 is 11.6 Å². The fraction of sp³-hybridized carbons (Fsp3) is 0.636. The Labute approximate surface area is 95.5 Å². The van der Waals surface area contributed by atoms with Crippen molar-refractivity contribution in [2.24, 2.45) is 5.92 Å². The number of halogens is 1. The van der Waals surface area contributed by atoms with Gasteiger partial charge in [0.25, 0.3) is 0 Å². The van der Waals surface area contributed by atoms with Crippen LogP contribution in [0.15, 0.2) is 12.1 Å². The summed E-state index contributed by atoms with van der Waals surface area (Å²) in [4.78, 5) is 2.34. The van der Waals surface area contributed by atoms with Gasteiger partial charge in [-0.1, -0.05) is 25.4 Å². The van der Waals surface area contributed by atoms with E-state index in [1.54, 1.807) is 6.07 Å². The van der Waals surface area contributed by atoms with Gasteiger partial charge in [0.1, 0.15) is 0 Å². The second-order valence-corrected chi connectivity index (χ2v) is 4.75. The second kappa shape index (κ2) is 4.35. The Bertz CT molecular complexity index is 323. The number of anilines is 1. The van der Waals surface area contributed by atoms with Crippen LogP contribution in [-0.4, -0.2) is 22.8 Å². The van der Waals surface area contributed by atoms with E-state index in [4.69, 9.17) is 11.6 Å². The van der Waals surface area contributed by atoms with Gasteiger partial charge in [-0.15, -0.1) is 10.2 Å². The average molecular weight is 226 g/mol. The molecular formula is C11H16ClN3. The zero-order valence-electron chi connectivity index (χ0n) is 9.15. The molecule has 1 aliphatic rings. The fourth-order valence-corrected chi connectivity index (χ4v) is 2.33. The van der Waals surface area contributed by atoms with E-state index >= 15 is 0 Å². The molecule has 0 bridgehead atoms. The second-order valence-electron chi connectivity index (χ2n) is 4.36. The molecule has 0 saturated carbocycles. The van der Waals surface area contributed by atoms with E-state index in [-0.39, 0.29) is 0 Å². The van der Waals surface area contributed by atoms with Gasteiger partial charge >= 0.3 is 0 Å². The molecular weight excluding hydrogens is 210 g/mol. The third kappa shape index (κ3) is 2.23. The van der Waals surface area contributed by atoms with Gasteiger partial charge in [-0.25, -0.2) is 0 Å². The van der Waals surface area contributed by atoms with Gasteiger partial charge in [0.2, 0.25) is 0 Å². The highest BCUT2D eigenvalue weighted by Crippen LogP contribution is 2.28. The summed E-state index contributed by atoms with van der Waals surface area (Å²) >= 11 is 5.73. The molecule has 1 unspecified atom stereocenters. The lowest BCUT2D eigenvalue weighted by molar-refractivity contribution is 0.488. The topological polar surface area (TPSA) is 29.0 Å². The monoisotopic (exact) mass is 225 g/mol. The van der Waals surface area contributed by atoms with Crippen molar-refractivity contribution in [3.05, 3.63) is 17.3 Å². The molecule has 1 fully saturated rings. The largest absolute Gasteiger partial charge is 0.352 e. The van der Waals surface area contributed by atoms with Gasteiger partial charge in [-0.3, -0.25) is 0 Å². The number of rotatable bonds is 2. The van der Waals surface area contributed by atoms with Crippen molar-refractivity contribution in [2.75, 3.05) is 11.4 Å². The van der Waals surface area contributed by atoms with Gasteiger partial charge in [-0.05, 0) is 30.9 Å². The Balaban J connectivity index is 2.19. The molecule has 3 nitrogen and oxygen atoms in total. The molecule has 1 atom stereocenters. The van der Waals surface area contributed by atoms with E-state index in [0.29, 0.717) is 17.1 Å². The first-order valence-electron chi connectivity index (χ1n) is 5.44. The maximum absolute atomic E-state index is 5.73. The van der Waals surface area contributed by atoms with Crippen LogP contribution in [0.5, 0.6) is 0 Å². The summed E-state index contributed by atoms with van der Waals surface area (Å²) in [6.45, 7) is 5.60. The average Bonchev–Trinajstić information content (AvgIpc) is 2.67. The highest BCUT2D eigenvalue weighted by Gasteiger charge is 2.28. The minimum absolute atomic E-state index is 0.457. The summed E-state index contributed by atoms with van der Waals surface area (Å²) < 4.78 is 0. The van der Waals surface area contributed by atoms with Crippen LogP contribution in [0.4, 0.5) is 5.82 Å². The maximum atomic E-state index is 5.73. The number of hydrogen-bond donors (Lipinski definition) is 0. The molecule has 1 aliphatic heterocycles. The predicted octanol–water partition coefficient (Wildman–Crippen LogP) is 2.75. The van der Waals surface area contributed by atoms with Gasteiger partial charge < -0.3 is 4.90 Å². The molecule has 4 heteroatoms. The Kier molecular flexibility index (Phi) is 3.10. The molecule has 82 valence electrons. The summed E-state index contributed by atoms with van der Waals surface area (Å²) in [5.74, 6) is 1.61. The normalized spacial score (nSPS) is 21.3. The van der Waals surface area contributed by atoms with E-state index in [2.05, 4.69) is 28.9 Å². The minimum atomic E-state index is 0.457. The molecule has 0 aromatic carbocycles. The van der Waals surface area contributed by atoms with Crippen molar-refractivity contribution in [3.63, 3.8) is 0 Å². The van der Waals surface area contributed by atoms with Crippen LogP contribution in [0.25, 0.3) is 0 Å². The fourth-order valence-electron chi connectivity index (χ4n) is 2.23. The van der Waals surface area contributed by atoms with Crippen LogP contribution < -0.4 is 4.90 Å². The highest BCUT2D eigenvalue weighted by atomic mass is 35.5. The molecule has 0 radical (unpaired) electrons. The first-order chi connectivity index (χ1) is 7.18. The molecule has 15 heavy (non-hydrogen) atoms. The Morgan fingerprint density at radius 3 is 2.80 bits per heavy atom. The molecule has 1 saturated heterocycles. The summed E-state index contributed by atoms with van der Waals surface area (Å²) in [7, 11) is 0. The predicted molar refractivity (Wildman–Crippen MR) is 62.2 cm³/mol. The van der Waals surface area contributed by atoms with Crippen molar-refractivity contribution in [1.29, 1.82) is 0 Å². The molecule has 1 aromatic heterocycles. The summed E-state index contributed by atoms with van der Waals surface area (Å²) in [5.41, 5.74) is 0. The van der Waals surface area contributed by atoms with Crippen LogP contribution in [-0.2, 0) is 0 Å². The van der Waals surface area contributed by atoms with Gasteiger partial charge in [-0.2, -0.15) is 0 Å². The van der Waals surface area contributed by atoms with Gasteiger partial charge in [0, 0.05) is 12.6 Å². The summed E-state index contributed by atoms with van der Waals surface area (Å²) in [6.07, 6.45) is 2.50. The standard InChI is InChI=1S/C11H16ClN3/c1-8(2)9-4-3-7-15(9)11-6-5-10(12)13-14-11/h5-6,8-9H,3-4,7H2,1-2H3. The van der Waals surface area contributed by atoms with Crippen molar-refractivity contribution >= 4 is 17.4 Å². The zero-order chi connectivity index (χ0) is 10.8. The third-order valence-electron chi connectivity index (χ3n) is 2.98. The first-order valence-corrected chi connectivity index (χ1v) is 5.82. The Hall–Kier alpha value is -0.830. The van der Waals surface area contributed by atoms with Crippen LogP contribution in [0.2, 0.25) is 5.15 Å². The number of hydrogen-bond acceptors (Lipinski definition) is 3. The molecule has 2 heterocycles. The third-order valence-corrected chi connectivity index (χ3v) is 3.18. The molecule has 2 rings (SSSR count). The quantitative estimate of drug-likeness (QED) is 0.775. The van der Waals surface area contributed by atoms with Crippen molar-refractivity contribution in [2.45, 2.75) is 32.7 Å². The van der Waals surface area contributed by atoms with E-state index in [0.717, 1.165) is 12.4 Å². The van der Waals surface area contributed by atoms with Crippen LogP contribution in [0.3, 0.4) is 0 Å². The summed E-state index contributed by atoms with van der Waals surface area (Å²) in [6, 6.07) is 4.36. The van der Waals surface area contributed by atoms with E-state index in [1.165, 1.54) is 12.8 Å². The van der Waals surface area contributed by atoms with Crippen LogP contribution in [0, 0.1) is 5.92 Å². The lowest BCUT2D eigenvalue weighted by Gasteiger charge is -2.28. The van der Waals surface area contributed by atoms with Crippen molar-refractivity contribution in [1.82, 2.24) is 10.2 Å².